The Morgan fingerprint density at radius 1 is 1.23 bits per heavy atom. The van der Waals surface area contributed by atoms with E-state index in [1.54, 1.807) is 6.20 Å². The monoisotopic (exact) mass is 563 g/mol. The number of aromatic nitrogens is 2. The Kier molecular flexibility index (Phi) is 7.31. The van der Waals surface area contributed by atoms with Crippen LogP contribution in [-0.4, -0.2) is 78.9 Å². The molecule has 0 radical (unpaired) electrons. The highest BCUT2D eigenvalue weighted by molar-refractivity contribution is 7.90. The number of nitrogens with two attached hydrogens (primary N) is 1. The summed E-state index contributed by atoms with van der Waals surface area (Å²) in [5, 5.41) is 14.9. The maximum absolute atomic E-state index is 14.6. The van der Waals surface area contributed by atoms with Crippen molar-refractivity contribution in [2.45, 2.75) is 38.0 Å². The van der Waals surface area contributed by atoms with Crippen molar-refractivity contribution >= 4 is 33.0 Å². The molecule has 1 atom stereocenters. The molecular weight excluding hydrogens is 532 g/mol. The van der Waals surface area contributed by atoms with Crippen molar-refractivity contribution in [1.82, 2.24) is 20.6 Å². The number of hydrazine groups is 1. The van der Waals surface area contributed by atoms with Crippen molar-refractivity contribution in [2.24, 2.45) is 15.7 Å². The molecule has 0 aliphatic carbocycles. The van der Waals surface area contributed by atoms with Gasteiger partial charge >= 0.3 is 0 Å². The van der Waals surface area contributed by atoms with Crippen molar-refractivity contribution in [1.29, 1.82) is 0 Å². The zero-order chi connectivity index (χ0) is 27.8. The third kappa shape index (κ3) is 6.20. The number of sulfone groups is 1. The number of fused-ring (bicyclic) bond motifs is 1. The van der Waals surface area contributed by atoms with Crippen LogP contribution in [0.2, 0.25) is 0 Å². The summed E-state index contributed by atoms with van der Waals surface area (Å²) in [4.78, 5) is 9.46. The molecule has 1 aromatic heterocycles. The average Bonchev–Trinajstić information content (AvgIpc) is 3.47. The second kappa shape index (κ2) is 10.5. The van der Waals surface area contributed by atoms with Gasteiger partial charge in [-0.15, -0.1) is 0 Å². The van der Waals surface area contributed by atoms with E-state index >= 15 is 0 Å². The molecule has 3 aliphatic rings. The number of benzene rings is 1. The standard InChI is InChI=1S/C24H31F2N9O3S/c1-14-9-20(34-33-14)30-22-17-13-29-35(16-3-6-38-7-4-16)23(17)32-24(27,31-22)12-15-10-18(25)21(26)19(11-15)28-5-8-39(2,36)37/h9-11,13,16,28-29H,3-8,12,27H2,1-2H3,(H2,30,31,33,34). The first-order chi connectivity index (χ1) is 18.5. The van der Waals surface area contributed by atoms with E-state index in [1.807, 2.05) is 18.0 Å². The van der Waals surface area contributed by atoms with Crippen molar-refractivity contribution in [2.75, 3.05) is 42.4 Å². The number of nitrogens with zero attached hydrogens (tertiary/aromatic N) is 4. The number of hydrogen-bond donors (Lipinski definition) is 5. The molecular formula is C24H31F2N9O3S. The number of anilines is 2. The highest BCUT2D eigenvalue weighted by atomic mass is 32.2. The van der Waals surface area contributed by atoms with Crippen molar-refractivity contribution < 1.29 is 21.9 Å². The van der Waals surface area contributed by atoms with E-state index in [1.165, 1.54) is 6.07 Å². The Bertz CT molecular complexity index is 1450. The molecule has 0 spiro atoms. The molecule has 0 saturated carbocycles. The fraction of sp³-hybridized carbons (Fsp3) is 0.458. The van der Waals surface area contributed by atoms with Crippen LogP contribution < -0.4 is 21.8 Å². The molecule has 0 bridgehead atoms. The predicted octanol–water partition coefficient (Wildman–Crippen LogP) is 1.41. The van der Waals surface area contributed by atoms with Crippen LogP contribution >= 0.6 is 0 Å². The van der Waals surface area contributed by atoms with Crippen LogP contribution in [0.4, 0.5) is 20.3 Å². The molecule has 5 rings (SSSR count). The van der Waals surface area contributed by atoms with Gasteiger partial charge in [0.05, 0.1) is 23.1 Å². The first-order valence-corrected chi connectivity index (χ1v) is 14.6. The Morgan fingerprint density at radius 3 is 2.69 bits per heavy atom. The normalized spacial score (nSPS) is 21.6. The maximum atomic E-state index is 14.6. The Hall–Kier alpha value is -3.56. The van der Waals surface area contributed by atoms with E-state index in [0.29, 0.717) is 41.8 Å². The molecule has 39 heavy (non-hydrogen) atoms. The molecule has 4 heterocycles. The fourth-order valence-corrected chi connectivity index (χ4v) is 5.16. The number of aryl methyl sites for hydroxylation is 1. The van der Waals surface area contributed by atoms with Gasteiger partial charge in [0, 0.05) is 50.4 Å². The highest BCUT2D eigenvalue weighted by Crippen LogP contribution is 2.30. The maximum Gasteiger partial charge on any atom is 0.210 e. The summed E-state index contributed by atoms with van der Waals surface area (Å²) < 4.78 is 57.5. The molecule has 1 aromatic carbocycles. The van der Waals surface area contributed by atoms with Gasteiger partial charge in [-0.1, -0.05) is 0 Å². The number of halogens is 2. The minimum Gasteiger partial charge on any atom is -0.382 e. The average molecular weight is 564 g/mol. The SMILES string of the molecule is Cc1cc(NC2=NC(N)(Cc3cc(F)c(F)c(NCCS(C)(=O)=O)c3)N=C3C2=CNN3C2CCOCC2)n[nH]1. The summed E-state index contributed by atoms with van der Waals surface area (Å²) >= 11 is 0. The van der Waals surface area contributed by atoms with Gasteiger partial charge in [-0.3, -0.25) is 15.8 Å². The third-order valence-electron chi connectivity index (χ3n) is 6.53. The molecule has 12 nitrogen and oxygen atoms in total. The number of nitrogens with one attached hydrogen (secondary N) is 4. The van der Waals surface area contributed by atoms with Crippen LogP contribution in [0.15, 0.2) is 40.0 Å². The zero-order valence-corrected chi connectivity index (χ0v) is 22.4. The summed E-state index contributed by atoms with van der Waals surface area (Å²) in [5.74, 6) is -2.47. The van der Waals surface area contributed by atoms with Gasteiger partial charge in [-0.25, -0.2) is 27.2 Å². The lowest BCUT2D eigenvalue weighted by Crippen LogP contribution is -2.52. The number of aromatic amines is 1. The first kappa shape index (κ1) is 27.0. The van der Waals surface area contributed by atoms with Crippen LogP contribution in [0.5, 0.6) is 0 Å². The van der Waals surface area contributed by atoms with Gasteiger partial charge in [0.1, 0.15) is 15.7 Å². The molecule has 0 amide bonds. The van der Waals surface area contributed by atoms with Gasteiger partial charge in [-0.05, 0) is 37.5 Å². The number of H-pyrrole nitrogens is 1. The predicted molar refractivity (Wildman–Crippen MR) is 144 cm³/mol. The number of ether oxygens (including phenoxy) is 1. The largest absolute Gasteiger partial charge is 0.382 e. The van der Waals surface area contributed by atoms with Crippen LogP contribution in [0.1, 0.15) is 24.1 Å². The summed E-state index contributed by atoms with van der Waals surface area (Å²) in [6, 6.07) is 4.36. The minimum atomic E-state index is -3.29. The molecule has 3 aliphatic heterocycles. The second-order valence-corrected chi connectivity index (χ2v) is 12.2. The number of amidine groups is 2. The van der Waals surface area contributed by atoms with E-state index < -0.39 is 27.3 Å². The summed E-state index contributed by atoms with van der Waals surface area (Å²) in [6.45, 7) is 3.03. The zero-order valence-electron chi connectivity index (χ0n) is 21.6. The second-order valence-electron chi connectivity index (χ2n) is 9.91. The lowest BCUT2D eigenvalue weighted by molar-refractivity contribution is 0.0486. The number of aliphatic imine (C=N–C) groups is 2. The quantitative estimate of drug-likeness (QED) is 0.320. The van der Waals surface area contributed by atoms with Gasteiger partial charge in [0.15, 0.2) is 23.3 Å². The molecule has 1 saturated heterocycles. The topological polar surface area (TPSA) is 162 Å². The molecule has 15 heteroatoms. The van der Waals surface area contributed by atoms with E-state index in [4.69, 9.17) is 15.5 Å². The van der Waals surface area contributed by atoms with E-state index in [-0.39, 0.29) is 30.4 Å². The molecule has 210 valence electrons. The highest BCUT2D eigenvalue weighted by Gasteiger charge is 2.40. The van der Waals surface area contributed by atoms with E-state index in [9.17, 15) is 17.2 Å². The Morgan fingerprint density at radius 2 is 2.00 bits per heavy atom. The van der Waals surface area contributed by atoms with Crippen LogP contribution in [-0.2, 0) is 21.0 Å². The van der Waals surface area contributed by atoms with Crippen molar-refractivity contribution in [3.8, 4) is 0 Å². The van der Waals surface area contributed by atoms with Crippen molar-refractivity contribution in [3.05, 3.63) is 52.9 Å². The number of rotatable bonds is 8. The lowest BCUT2D eigenvalue weighted by atomic mass is 10.0. The summed E-state index contributed by atoms with van der Waals surface area (Å²) in [6.07, 6.45) is 4.37. The van der Waals surface area contributed by atoms with E-state index in [2.05, 4.69) is 31.2 Å². The summed E-state index contributed by atoms with van der Waals surface area (Å²) in [5.41, 5.74) is 11.7. The third-order valence-corrected chi connectivity index (χ3v) is 7.47. The van der Waals surface area contributed by atoms with Gasteiger partial charge in [-0.2, -0.15) is 5.10 Å². The smallest absolute Gasteiger partial charge is 0.210 e. The number of hydrogen-bond acceptors (Lipinski definition) is 11. The lowest BCUT2D eigenvalue weighted by Gasteiger charge is -2.36. The fourth-order valence-electron chi connectivity index (χ4n) is 4.69. The van der Waals surface area contributed by atoms with Crippen LogP contribution in [0.3, 0.4) is 0 Å². The molecule has 2 aromatic rings. The Labute approximate surface area is 224 Å². The molecule has 1 fully saturated rings. The van der Waals surface area contributed by atoms with E-state index in [0.717, 1.165) is 30.9 Å². The van der Waals surface area contributed by atoms with Gasteiger partial charge in [0.25, 0.3) is 0 Å². The van der Waals surface area contributed by atoms with Crippen LogP contribution in [0.25, 0.3) is 0 Å². The minimum absolute atomic E-state index is 0.0614. The van der Waals surface area contributed by atoms with Gasteiger partial charge in [0.2, 0.25) is 5.79 Å². The van der Waals surface area contributed by atoms with Crippen LogP contribution in [0, 0.1) is 18.6 Å². The van der Waals surface area contributed by atoms with Crippen molar-refractivity contribution in [3.63, 3.8) is 0 Å². The first-order valence-electron chi connectivity index (χ1n) is 12.5. The molecule has 6 N–H and O–H groups in total. The Balaban J connectivity index is 1.46. The summed E-state index contributed by atoms with van der Waals surface area (Å²) in [7, 11) is -3.29. The van der Waals surface area contributed by atoms with Gasteiger partial charge < -0.3 is 20.8 Å². The molecule has 1 unspecified atom stereocenters.